The zero-order valence-corrected chi connectivity index (χ0v) is 16.2. The Morgan fingerprint density at radius 3 is 2.23 bits per heavy atom. The number of likely N-dealkylation sites (N-methyl/N-ethyl adjacent to an activating group) is 1. The Kier molecular flexibility index (Phi) is 8.48. The van der Waals surface area contributed by atoms with Gasteiger partial charge in [-0.1, -0.05) is 18.2 Å². The van der Waals surface area contributed by atoms with E-state index in [1.165, 1.54) is 4.31 Å². The number of rotatable bonds is 7. The number of benzene rings is 1. The van der Waals surface area contributed by atoms with Gasteiger partial charge < -0.3 is 10.0 Å². The molecule has 1 aromatic carbocycles. The number of piperazine rings is 1. The first-order valence-corrected chi connectivity index (χ1v) is 9.48. The van der Waals surface area contributed by atoms with Gasteiger partial charge in [0, 0.05) is 32.7 Å². The zero-order valence-electron chi connectivity index (χ0n) is 14.6. The van der Waals surface area contributed by atoms with Gasteiger partial charge in [-0.25, -0.2) is 8.42 Å². The fourth-order valence-electron chi connectivity index (χ4n) is 2.62. The molecule has 0 saturated carbocycles. The van der Waals surface area contributed by atoms with E-state index in [1.54, 1.807) is 47.2 Å². The van der Waals surface area contributed by atoms with Crippen LogP contribution in [0.25, 0.3) is 0 Å². The molecule has 0 unspecified atom stereocenters. The lowest BCUT2D eigenvalue weighted by molar-refractivity contribution is -0.138. The number of carboxylic acid groups (broad SMARTS) is 1. The number of amides is 1. The molecular weight excluding hydrogens is 382 g/mol. The molecule has 1 fully saturated rings. The lowest BCUT2D eigenvalue weighted by atomic mass is 10.3. The van der Waals surface area contributed by atoms with Crippen molar-refractivity contribution in [3.05, 3.63) is 30.3 Å². The highest BCUT2D eigenvalue weighted by Gasteiger charge is 2.30. The Morgan fingerprint density at radius 2 is 1.69 bits per heavy atom. The molecule has 1 aromatic rings. The van der Waals surface area contributed by atoms with Gasteiger partial charge >= 0.3 is 5.97 Å². The number of hydrogen-bond donors (Lipinski definition) is 1. The summed E-state index contributed by atoms with van der Waals surface area (Å²) in [7, 11) is -1.84. The second-order valence-electron chi connectivity index (χ2n) is 5.98. The Labute approximate surface area is 159 Å². The number of nitrogens with zero attached hydrogens (tertiary/aromatic N) is 3. The number of carbonyl (C=O) groups is 2. The number of hydrogen-bond acceptors (Lipinski definition) is 5. The molecule has 146 valence electrons. The number of aliphatic carboxylic acids is 1. The minimum Gasteiger partial charge on any atom is -0.481 e. The van der Waals surface area contributed by atoms with Crippen LogP contribution in [0.3, 0.4) is 0 Å². The van der Waals surface area contributed by atoms with Crippen LogP contribution < -0.4 is 0 Å². The fraction of sp³-hybridized carbons (Fsp3) is 0.500. The van der Waals surface area contributed by atoms with E-state index in [9.17, 15) is 18.0 Å². The van der Waals surface area contributed by atoms with Crippen molar-refractivity contribution >= 4 is 34.3 Å². The average Bonchev–Trinajstić information content (AvgIpc) is 2.61. The fourth-order valence-corrected chi connectivity index (χ4v) is 4.06. The third-order valence-corrected chi connectivity index (χ3v) is 6.00. The van der Waals surface area contributed by atoms with Crippen molar-refractivity contribution in [2.45, 2.75) is 11.3 Å². The van der Waals surface area contributed by atoms with E-state index in [2.05, 4.69) is 0 Å². The standard InChI is InChI=1S/C16H23N3O5S.ClH/c1-17(8-7-16(21)22)13-15(20)18-9-11-19(12-10-18)25(23,24)14-5-3-2-4-6-14;/h2-6H,7-13H2,1H3,(H,21,22);1H. The van der Waals surface area contributed by atoms with Crippen molar-refractivity contribution in [1.29, 1.82) is 0 Å². The van der Waals surface area contributed by atoms with E-state index in [1.807, 2.05) is 0 Å². The molecule has 1 aliphatic rings. The van der Waals surface area contributed by atoms with Gasteiger partial charge in [0.15, 0.2) is 0 Å². The topological polar surface area (TPSA) is 98.2 Å². The summed E-state index contributed by atoms with van der Waals surface area (Å²) in [6.07, 6.45) is -0.0210. The summed E-state index contributed by atoms with van der Waals surface area (Å²) < 4.78 is 26.5. The van der Waals surface area contributed by atoms with Crippen molar-refractivity contribution in [1.82, 2.24) is 14.1 Å². The molecule has 26 heavy (non-hydrogen) atoms. The van der Waals surface area contributed by atoms with E-state index >= 15 is 0 Å². The Bertz CT molecular complexity index is 706. The highest BCUT2D eigenvalue weighted by atomic mass is 35.5. The maximum atomic E-state index is 12.5. The third-order valence-electron chi connectivity index (χ3n) is 4.08. The highest BCUT2D eigenvalue weighted by molar-refractivity contribution is 7.89. The van der Waals surface area contributed by atoms with Gasteiger partial charge in [0.25, 0.3) is 0 Å². The maximum absolute atomic E-state index is 12.5. The summed E-state index contributed by atoms with van der Waals surface area (Å²) in [5, 5.41) is 8.66. The molecule has 1 aliphatic heterocycles. The van der Waals surface area contributed by atoms with Gasteiger partial charge in [-0.05, 0) is 19.2 Å². The van der Waals surface area contributed by atoms with Gasteiger partial charge in [0.2, 0.25) is 15.9 Å². The number of carbonyl (C=O) groups excluding carboxylic acids is 1. The lowest BCUT2D eigenvalue weighted by Gasteiger charge is -2.34. The maximum Gasteiger partial charge on any atom is 0.304 e. The largest absolute Gasteiger partial charge is 0.481 e. The van der Waals surface area contributed by atoms with Crippen LogP contribution in [0.2, 0.25) is 0 Å². The first kappa shape index (κ1) is 22.4. The van der Waals surface area contributed by atoms with Crippen molar-refractivity contribution in [2.24, 2.45) is 0 Å². The molecule has 2 rings (SSSR count). The Morgan fingerprint density at radius 1 is 1.12 bits per heavy atom. The van der Waals surface area contributed by atoms with Crippen LogP contribution in [0.5, 0.6) is 0 Å². The van der Waals surface area contributed by atoms with Crippen molar-refractivity contribution < 1.29 is 23.1 Å². The first-order chi connectivity index (χ1) is 11.8. The average molecular weight is 406 g/mol. The van der Waals surface area contributed by atoms with Crippen LogP contribution >= 0.6 is 12.4 Å². The summed E-state index contributed by atoms with van der Waals surface area (Å²) in [6, 6.07) is 8.24. The molecule has 0 bridgehead atoms. The lowest BCUT2D eigenvalue weighted by Crippen LogP contribution is -2.52. The SMILES string of the molecule is CN(CCC(=O)O)CC(=O)N1CCN(S(=O)(=O)c2ccccc2)CC1.Cl. The first-order valence-electron chi connectivity index (χ1n) is 8.04. The number of sulfonamides is 1. The van der Waals surface area contributed by atoms with Gasteiger partial charge in [0.05, 0.1) is 17.9 Å². The van der Waals surface area contributed by atoms with E-state index in [0.717, 1.165) is 0 Å². The van der Waals surface area contributed by atoms with Crippen LogP contribution in [0, 0.1) is 0 Å². The summed E-state index contributed by atoms with van der Waals surface area (Å²) in [5.74, 6) is -1.02. The molecule has 10 heteroatoms. The molecule has 1 heterocycles. The van der Waals surface area contributed by atoms with Crippen LogP contribution in [0.1, 0.15) is 6.42 Å². The van der Waals surface area contributed by atoms with Crippen LogP contribution in [0.15, 0.2) is 35.2 Å². The predicted molar refractivity (Wildman–Crippen MR) is 98.8 cm³/mol. The van der Waals surface area contributed by atoms with E-state index in [-0.39, 0.29) is 49.3 Å². The Balaban J connectivity index is 0.00000338. The van der Waals surface area contributed by atoms with E-state index in [4.69, 9.17) is 5.11 Å². The monoisotopic (exact) mass is 405 g/mol. The zero-order chi connectivity index (χ0) is 18.4. The molecule has 0 radical (unpaired) electrons. The molecule has 1 amide bonds. The van der Waals surface area contributed by atoms with E-state index in [0.29, 0.717) is 19.6 Å². The van der Waals surface area contributed by atoms with Crippen molar-refractivity contribution in [2.75, 3.05) is 46.3 Å². The minimum atomic E-state index is -3.53. The normalized spacial score (nSPS) is 15.5. The Hall–Kier alpha value is -1.68. The smallest absolute Gasteiger partial charge is 0.304 e. The molecule has 0 aromatic heterocycles. The quantitative estimate of drug-likeness (QED) is 0.702. The van der Waals surface area contributed by atoms with Crippen molar-refractivity contribution in [3.8, 4) is 0 Å². The third kappa shape index (κ3) is 5.94. The second-order valence-corrected chi connectivity index (χ2v) is 7.92. The molecule has 0 atom stereocenters. The van der Waals surface area contributed by atoms with Crippen LogP contribution in [-0.4, -0.2) is 85.8 Å². The molecule has 1 saturated heterocycles. The summed E-state index contributed by atoms with van der Waals surface area (Å²) in [6.45, 7) is 1.58. The van der Waals surface area contributed by atoms with Crippen molar-refractivity contribution in [3.63, 3.8) is 0 Å². The van der Waals surface area contributed by atoms with Crippen LogP contribution in [0.4, 0.5) is 0 Å². The van der Waals surface area contributed by atoms with Gasteiger partial charge in [-0.3, -0.25) is 14.5 Å². The van der Waals surface area contributed by atoms with Gasteiger partial charge in [-0.2, -0.15) is 4.31 Å². The molecule has 1 N–H and O–H groups in total. The van der Waals surface area contributed by atoms with Crippen LogP contribution in [-0.2, 0) is 19.6 Å². The molecular formula is C16H24ClN3O5S. The molecule has 0 aliphatic carbocycles. The molecule has 0 spiro atoms. The summed E-state index contributed by atoms with van der Waals surface area (Å²) in [5.41, 5.74) is 0. The number of halogens is 1. The number of carboxylic acids is 1. The predicted octanol–water partition coefficient (Wildman–Crippen LogP) is 0.348. The van der Waals surface area contributed by atoms with Gasteiger partial charge in [-0.15, -0.1) is 12.4 Å². The molecule has 8 nitrogen and oxygen atoms in total. The second kappa shape index (κ2) is 9.86. The van der Waals surface area contributed by atoms with E-state index < -0.39 is 16.0 Å². The van der Waals surface area contributed by atoms with Gasteiger partial charge in [0.1, 0.15) is 0 Å². The minimum absolute atomic E-state index is 0. The summed E-state index contributed by atoms with van der Waals surface area (Å²) in [4.78, 5) is 26.3. The summed E-state index contributed by atoms with van der Waals surface area (Å²) >= 11 is 0. The highest BCUT2D eigenvalue weighted by Crippen LogP contribution is 2.17.